The van der Waals surface area contributed by atoms with Crippen LogP contribution in [0.25, 0.3) is 0 Å². The van der Waals surface area contributed by atoms with Crippen LogP contribution < -0.4 is 4.74 Å². The number of benzene rings is 2. The summed E-state index contributed by atoms with van der Waals surface area (Å²) in [6, 6.07) is 17.4. The Balaban J connectivity index is 1.95. The summed E-state index contributed by atoms with van der Waals surface area (Å²) in [7, 11) is 1.06. The maximum absolute atomic E-state index is 12.6. The minimum Gasteiger partial charge on any atom is -0.497 e. The number of esters is 1. The quantitative estimate of drug-likeness (QED) is 0.0349. The van der Waals surface area contributed by atoms with Gasteiger partial charge in [-0.1, -0.05) is 89.2 Å². The summed E-state index contributed by atoms with van der Waals surface area (Å²) in [5.41, 5.74) is 1.35. The summed E-state index contributed by atoms with van der Waals surface area (Å²) in [5, 5.41) is 10.0. The van der Waals surface area contributed by atoms with E-state index in [0.717, 1.165) is 23.0 Å². The lowest BCUT2D eigenvalue weighted by atomic mass is 9.74. The van der Waals surface area contributed by atoms with Crippen molar-refractivity contribution in [1.29, 1.82) is 0 Å². The number of hydrogen-bond donors (Lipinski definition) is 1. The number of carboxylic acid groups (broad SMARTS) is 1. The molecule has 1 fully saturated rings. The van der Waals surface area contributed by atoms with Crippen LogP contribution in [0.1, 0.15) is 72.4 Å². The van der Waals surface area contributed by atoms with Crippen molar-refractivity contribution in [3.63, 3.8) is 0 Å². The lowest BCUT2D eigenvalue weighted by Crippen LogP contribution is -2.63. The molecule has 1 N–H and O–H groups in total. The Labute approximate surface area is 323 Å². The van der Waals surface area contributed by atoms with E-state index in [1.54, 1.807) is 7.11 Å². The molecule has 1 aliphatic rings. The first-order valence-corrected chi connectivity index (χ1v) is 21.4. The molecule has 0 aliphatic carbocycles. The third-order valence-electron chi connectivity index (χ3n) is 10.3. The molecule has 1 aliphatic heterocycles. The molecule has 0 bridgehead atoms. The molecule has 0 aromatic heterocycles. The minimum atomic E-state index is -2.04. The summed E-state index contributed by atoms with van der Waals surface area (Å²) in [6.07, 6.45) is 2.59. The zero-order chi connectivity index (χ0) is 40.2. The van der Waals surface area contributed by atoms with Crippen LogP contribution in [-0.2, 0) is 55.7 Å². The molecule has 11 nitrogen and oxygen atoms in total. The lowest BCUT2D eigenvalue weighted by molar-refractivity contribution is -0.339. The monoisotopic (exact) mass is 770 g/mol. The number of methoxy groups -OCH3 is 2. The second-order valence-electron chi connectivity index (χ2n) is 15.8. The molecule has 54 heavy (non-hydrogen) atoms. The van der Waals surface area contributed by atoms with E-state index < -0.39 is 55.9 Å². The Hall–Kier alpha value is -3.36. The molecule has 0 unspecified atom stereocenters. The zero-order valence-corrected chi connectivity index (χ0v) is 35.0. The van der Waals surface area contributed by atoms with E-state index in [0.29, 0.717) is 25.2 Å². The van der Waals surface area contributed by atoms with Crippen LogP contribution in [0, 0.1) is 5.41 Å². The van der Waals surface area contributed by atoms with Gasteiger partial charge in [-0.05, 0) is 60.3 Å². The number of hydrogen-bond acceptors (Lipinski definition) is 10. The van der Waals surface area contributed by atoms with Crippen LogP contribution in [0.15, 0.2) is 78.4 Å². The second kappa shape index (κ2) is 20.0. The van der Waals surface area contributed by atoms with Crippen molar-refractivity contribution in [2.45, 2.75) is 123 Å². The van der Waals surface area contributed by atoms with Gasteiger partial charge in [0.2, 0.25) is 5.79 Å². The van der Waals surface area contributed by atoms with Crippen LogP contribution in [0.3, 0.4) is 0 Å². The average molecular weight is 771 g/mol. The molecule has 0 amide bonds. The molecular weight excluding hydrogens is 709 g/mol. The van der Waals surface area contributed by atoms with Gasteiger partial charge in [0.1, 0.15) is 12.5 Å². The van der Waals surface area contributed by atoms with Gasteiger partial charge in [0.25, 0.3) is 0 Å². The first kappa shape index (κ1) is 45.0. The molecule has 0 spiro atoms. The Morgan fingerprint density at radius 1 is 0.981 bits per heavy atom. The van der Waals surface area contributed by atoms with Crippen molar-refractivity contribution in [3.8, 4) is 5.75 Å². The van der Waals surface area contributed by atoms with Crippen LogP contribution in [0.2, 0.25) is 18.1 Å². The molecule has 300 valence electrons. The van der Waals surface area contributed by atoms with Gasteiger partial charge in [-0.25, -0.2) is 4.79 Å². The SMILES string of the molecule is COc1ccc(CO[C@H](C[C@@H]2C/C(=C\C(=O)O)[C@H](OC(C)=O)[C@](OC)(C(C)(C)/C=C/CO[Si](C)(C)C(C)(C)C)O2)[C@@H](C)OCOCc2ccccc2)cc1. The van der Waals surface area contributed by atoms with E-state index in [1.807, 2.05) is 87.5 Å². The van der Waals surface area contributed by atoms with Crippen LogP contribution in [0.4, 0.5) is 0 Å². The Bertz CT molecular complexity index is 1530. The predicted molar refractivity (Wildman–Crippen MR) is 209 cm³/mol. The maximum atomic E-state index is 12.6. The number of carboxylic acids is 1. The van der Waals surface area contributed by atoms with Gasteiger partial charge in [-0.3, -0.25) is 4.79 Å². The third-order valence-corrected chi connectivity index (χ3v) is 14.8. The van der Waals surface area contributed by atoms with E-state index in [9.17, 15) is 14.7 Å². The molecule has 5 atom stereocenters. The fourth-order valence-electron chi connectivity index (χ4n) is 6.12. The minimum absolute atomic E-state index is 0.0272. The van der Waals surface area contributed by atoms with Gasteiger partial charge in [-0.2, -0.15) is 0 Å². The van der Waals surface area contributed by atoms with Gasteiger partial charge in [-0.15, -0.1) is 0 Å². The fourth-order valence-corrected chi connectivity index (χ4v) is 7.07. The number of aliphatic carboxylic acids is 1. The summed E-state index contributed by atoms with van der Waals surface area (Å²) in [5.74, 6) is -2.67. The van der Waals surface area contributed by atoms with Gasteiger partial charge in [0, 0.05) is 31.9 Å². The molecule has 0 saturated carbocycles. The summed E-state index contributed by atoms with van der Waals surface area (Å²) in [4.78, 5) is 24.8. The number of carbonyl (C=O) groups is 2. The lowest BCUT2D eigenvalue weighted by Gasteiger charge is -2.53. The standard InChI is InChI=1S/C42H62O11Si/c1-30(50-29-48-27-32-16-13-12-14-17-32)37(49-28-33-18-20-35(46-8)21-19-33)26-36-24-34(25-38(44)45)39(52-31(2)43)42(47-9,53-36)41(6,7)22-15-23-51-54(10,11)40(3,4)5/h12-22,25,30,36-37,39H,23-24,26-29H2,1-11H3,(H,44,45)/b22-15+,34-25+/t30-,36+,37-,39+,42-/m1/s1. The third kappa shape index (κ3) is 12.6. The van der Waals surface area contributed by atoms with Crippen LogP contribution in [-0.4, -0.2) is 83.2 Å². The van der Waals surface area contributed by atoms with Crippen LogP contribution >= 0.6 is 0 Å². The highest BCUT2D eigenvalue weighted by Gasteiger charge is 2.59. The highest BCUT2D eigenvalue weighted by molar-refractivity contribution is 6.74. The normalized spacial score (nSPS) is 21.6. The first-order chi connectivity index (χ1) is 25.3. The van der Waals surface area contributed by atoms with E-state index in [4.69, 9.17) is 37.6 Å². The highest BCUT2D eigenvalue weighted by atomic mass is 28.4. The van der Waals surface area contributed by atoms with E-state index in [-0.39, 0.29) is 24.9 Å². The van der Waals surface area contributed by atoms with Gasteiger partial charge in [0.15, 0.2) is 14.4 Å². The van der Waals surface area contributed by atoms with Crippen molar-refractivity contribution in [1.82, 2.24) is 0 Å². The summed E-state index contributed by atoms with van der Waals surface area (Å²) in [6.45, 7) is 19.0. The molecule has 1 heterocycles. The number of rotatable bonds is 20. The van der Waals surface area contributed by atoms with Crippen LogP contribution in [0.5, 0.6) is 5.75 Å². The van der Waals surface area contributed by atoms with E-state index >= 15 is 0 Å². The summed E-state index contributed by atoms with van der Waals surface area (Å²) >= 11 is 0. The van der Waals surface area contributed by atoms with Crippen molar-refractivity contribution in [2.24, 2.45) is 5.41 Å². The Kier molecular flexibility index (Phi) is 16.7. The maximum Gasteiger partial charge on any atom is 0.328 e. The highest BCUT2D eigenvalue weighted by Crippen LogP contribution is 2.49. The molecule has 12 heteroatoms. The second-order valence-corrected chi connectivity index (χ2v) is 20.6. The fraction of sp³-hybridized carbons (Fsp3) is 0.571. The average Bonchev–Trinajstić information content (AvgIpc) is 3.11. The van der Waals surface area contributed by atoms with Crippen molar-refractivity contribution in [3.05, 3.63) is 89.5 Å². The van der Waals surface area contributed by atoms with Gasteiger partial charge in [0.05, 0.1) is 45.2 Å². The Morgan fingerprint density at radius 2 is 1.63 bits per heavy atom. The van der Waals surface area contributed by atoms with E-state index in [2.05, 4.69) is 33.9 Å². The summed E-state index contributed by atoms with van der Waals surface area (Å²) < 4.78 is 49.3. The topological polar surface area (TPSA) is 128 Å². The van der Waals surface area contributed by atoms with Gasteiger partial charge < -0.3 is 42.7 Å². The molecule has 2 aromatic carbocycles. The zero-order valence-electron chi connectivity index (χ0n) is 34.0. The first-order valence-electron chi connectivity index (χ1n) is 18.5. The van der Waals surface area contributed by atoms with Crippen molar-refractivity contribution >= 4 is 20.3 Å². The number of ether oxygens (including phenoxy) is 7. The number of carbonyl (C=O) groups excluding carboxylic acids is 1. The predicted octanol–water partition coefficient (Wildman–Crippen LogP) is 8.23. The van der Waals surface area contributed by atoms with Crippen molar-refractivity contribution in [2.75, 3.05) is 27.6 Å². The van der Waals surface area contributed by atoms with Crippen molar-refractivity contribution < 1.29 is 52.3 Å². The molecule has 0 radical (unpaired) electrons. The smallest absolute Gasteiger partial charge is 0.328 e. The largest absolute Gasteiger partial charge is 0.497 e. The molecule has 2 aromatic rings. The van der Waals surface area contributed by atoms with E-state index in [1.165, 1.54) is 14.0 Å². The molecule has 1 saturated heterocycles. The molecule has 3 rings (SSSR count). The molecular formula is C42H62O11Si. The van der Waals surface area contributed by atoms with Gasteiger partial charge >= 0.3 is 11.9 Å². The Morgan fingerprint density at radius 3 is 2.20 bits per heavy atom.